The van der Waals surface area contributed by atoms with Crippen LogP contribution in [0.25, 0.3) is 10.9 Å². The zero-order chi connectivity index (χ0) is 12.7. The van der Waals surface area contributed by atoms with E-state index in [2.05, 4.69) is 4.98 Å². The molecule has 8 heteroatoms. The Kier molecular flexibility index (Phi) is 2.20. The van der Waals surface area contributed by atoms with Crippen molar-refractivity contribution in [1.29, 1.82) is 0 Å². The summed E-state index contributed by atoms with van der Waals surface area (Å²) in [6.07, 6.45) is 0. The molecule has 88 valence electrons. The Bertz CT molecular complexity index is 649. The van der Waals surface area contributed by atoms with Crippen molar-refractivity contribution in [3.05, 3.63) is 33.6 Å². The van der Waals surface area contributed by atoms with Crippen molar-refractivity contribution in [2.75, 3.05) is 5.73 Å². The summed E-state index contributed by atoms with van der Waals surface area (Å²) in [7, 11) is 0. The molecule has 2 aromatic rings. The van der Waals surface area contributed by atoms with E-state index < -0.39 is 22.3 Å². The van der Waals surface area contributed by atoms with Crippen molar-refractivity contribution in [1.82, 2.24) is 4.98 Å². The molecule has 0 aliphatic rings. The number of halogens is 1. The van der Waals surface area contributed by atoms with Gasteiger partial charge in [-0.1, -0.05) is 0 Å². The highest BCUT2D eigenvalue weighted by molar-refractivity contribution is 6.10. The fourth-order valence-corrected chi connectivity index (χ4v) is 1.63. The van der Waals surface area contributed by atoms with Gasteiger partial charge in [0.15, 0.2) is 0 Å². The number of fused-ring (bicyclic) bond motifs is 1. The van der Waals surface area contributed by atoms with Crippen molar-refractivity contribution in [3.63, 3.8) is 0 Å². The normalized spacial score (nSPS) is 10.6. The van der Waals surface area contributed by atoms with Crippen LogP contribution in [0.5, 0.6) is 0 Å². The number of nitrogen functional groups attached to an aromatic ring is 1. The number of H-pyrrole nitrogens is 1. The lowest BCUT2D eigenvalue weighted by Gasteiger charge is -1.96. The van der Waals surface area contributed by atoms with Gasteiger partial charge in [0.1, 0.15) is 5.82 Å². The molecule has 1 amide bonds. The molecule has 0 saturated heterocycles. The summed E-state index contributed by atoms with van der Waals surface area (Å²) in [5.74, 6) is -1.93. The van der Waals surface area contributed by atoms with Crippen LogP contribution in [0.4, 0.5) is 15.9 Å². The van der Waals surface area contributed by atoms with Crippen LogP contribution in [0.15, 0.2) is 12.1 Å². The summed E-state index contributed by atoms with van der Waals surface area (Å²) in [4.78, 5) is 23.3. The molecule has 0 fully saturated rings. The number of anilines is 1. The lowest BCUT2D eigenvalue weighted by Crippen LogP contribution is -2.12. The first-order valence-electron chi connectivity index (χ1n) is 4.46. The van der Waals surface area contributed by atoms with Gasteiger partial charge < -0.3 is 16.5 Å². The molecule has 2 rings (SSSR count). The second-order valence-corrected chi connectivity index (χ2v) is 3.38. The van der Waals surface area contributed by atoms with E-state index in [4.69, 9.17) is 11.5 Å². The minimum atomic E-state index is -1.05. The number of carbonyl (C=O) groups excluding carboxylic acids is 1. The van der Waals surface area contributed by atoms with Crippen molar-refractivity contribution in [3.8, 4) is 0 Å². The van der Waals surface area contributed by atoms with Crippen LogP contribution < -0.4 is 11.5 Å². The average molecular weight is 238 g/mol. The van der Waals surface area contributed by atoms with Gasteiger partial charge in [-0.2, -0.15) is 4.39 Å². The molecule has 0 aliphatic heterocycles. The van der Waals surface area contributed by atoms with E-state index in [9.17, 15) is 19.3 Å². The number of aromatic amines is 1. The zero-order valence-corrected chi connectivity index (χ0v) is 8.36. The second-order valence-electron chi connectivity index (χ2n) is 3.38. The largest absolute Gasteiger partial charge is 0.385 e. The van der Waals surface area contributed by atoms with Crippen molar-refractivity contribution < 1.29 is 14.1 Å². The molecule has 0 atom stereocenters. The monoisotopic (exact) mass is 238 g/mol. The minimum absolute atomic E-state index is 0.0487. The van der Waals surface area contributed by atoms with Gasteiger partial charge in [0.05, 0.1) is 16.0 Å². The van der Waals surface area contributed by atoms with E-state index in [0.717, 1.165) is 12.1 Å². The van der Waals surface area contributed by atoms with E-state index in [1.807, 2.05) is 0 Å². The first kappa shape index (κ1) is 10.9. The number of nitro groups is 1. The Morgan fingerprint density at radius 1 is 1.47 bits per heavy atom. The molecule has 5 N–H and O–H groups in total. The lowest BCUT2D eigenvalue weighted by molar-refractivity contribution is -0.387. The van der Waals surface area contributed by atoms with Gasteiger partial charge >= 0.3 is 5.69 Å². The lowest BCUT2D eigenvalue weighted by atomic mass is 10.1. The molecule has 0 spiro atoms. The number of amides is 1. The molecule has 7 nitrogen and oxygen atoms in total. The van der Waals surface area contributed by atoms with Gasteiger partial charge in [0, 0.05) is 11.5 Å². The molecule has 0 aliphatic carbocycles. The van der Waals surface area contributed by atoms with Gasteiger partial charge in [-0.25, -0.2) is 0 Å². The van der Waals surface area contributed by atoms with E-state index in [1.54, 1.807) is 0 Å². The van der Waals surface area contributed by atoms with Crippen LogP contribution in [-0.2, 0) is 0 Å². The molecule has 1 aromatic heterocycles. The number of benzene rings is 1. The Balaban J connectivity index is 2.83. The van der Waals surface area contributed by atoms with Gasteiger partial charge in [-0.15, -0.1) is 0 Å². The molecule has 0 radical (unpaired) electrons. The number of nitrogens with one attached hydrogen (secondary N) is 1. The summed E-state index contributed by atoms with van der Waals surface area (Å²) in [5.41, 5.74) is 9.97. The number of primary amides is 1. The molecule has 0 unspecified atom stereocenters. The number of nitrogens with zero attached hydrogens (tertiary/aromatic N) is 1. The van der Waals surface area contributed by atoms with Gasteiger partial charge in [-0.05, 0) is 6.07 Å². The molecular formula is C9H7FN4O3. The first-order chi connectivity index (χ1) is 7.91. The Hall–Kier alpha value is -2.64. The summed E-state index contributed by atoms with van der Waals surface area (Å²) < 4.78 is 13.4. The maximum absolute atomic E-state index is 13.4. The highest BCUT2D eigenvalue weighted by atomic mass is 19.1. The quantitative estimate of drug-likeness (QED) is 0.530. The zero-order valence-electron chi connectivity index (χ0n) is 8.36. The van der Waals surface area contributed by atoms with E-state index in [-0.39, 0.29) is 22.3 Å². The van der Waals surface area contributed by atoms with E-state index >= 15 is 0 Å². The molecule has 0 saturated carbocycles. The van der Waals surface area contributed by atoms with Crippen LogP contribution in [0.3, 0.4) is 0 Å². The third-order valence-electron chi connectivity index (χ3n) is 2.34. The van der Waals surface area contributed by atoms with Crippen LogP contribution in [0.1, 0.15) is 10.4 Å². The number of hydrogen-bond donors (Lipinski definition) is 3. The number of nitrogens with two attached hydrogens (primary N) is 2. The number of nitro benzene ring substituents is 1. The number of carbonyl (C=O) groups is 1. The van der Waals surface area contributed by atoms with Crippen LogP contribution in [0, 0.1) is 15.9 Å². The Labute approximate surface area is 93.3 Å². The van der Waals surface area contributed by atoms with Crippen molar-refractivity contribution >= 4 is 28.3 Å². The Morgan fingerprint density at radius 2 is 2.12 bits per heavy atom. The predicted molar refractivity (Wildman–Crippen MR) is 57.8 cm³/mol. The van der Waals surface area contributed by atoms with E-state index in [1.165, 1.54) is 0 Å². The fourth-order valence-electron chi connectivity index (χ4n) is 1.63. The SMILES string of the molecule is NC(=O)c1c(N)[nH]c2cc([N+](=O)[O-])c(F)cc12. The highest BCUT2D eigenvalue weighted by Crippen LogP contribution is 2.29. The topological polar surface area (TPSA) is 128 Å². The fraction of sp³-hybridized carbons (Fsp3) is 0. The van der Waals surface area contributed by atoms with Gasteiger partial charge in [-0.3, -0.25) is 14.9 Å². The standard InChI is InChI=1S/C9H7FN4O3/c10-4-1-3-5(2-6(4)14(16)17)13-8(11)7(3)9(12)15/h1-2,13H,11H2,(H2,12,15). The first-order valence-corrected chi connectivity index (χ1v) is 4.46. The summed E-state index contributed by atoms with van der Waals surface area (Å²) in [5, 5.41) is 10.6. The van der Waals surface area contributed by atoms with Crippen molar-refractivity contribution in [2.45, 2.75) is 0 Å². The smallest absolute Gasteiger partial charge is 0.306 e. The highest BCUT2D eigenvalue weighted by Gasteiger charge is 2.21. The summed E-state index contributed by atoms with van der Waals surface area (Å²) in [6, 6.07) is 1.83. The van der Waals surface area contributed by atoms with Crippen molar-refractivity contribution in [2.24, 2.45) is 5.73 Å². The predicted octanol–water partition coefficient (Wildman–Crippen LogP) is 0.896. The summed E-state index contributed by atoms with van der Waals surface area (Å²) >= 11 is 0. The maximum Gasteiger partial charge on any atom is 0.306 e. The molecular weight excluding hydrogens is 231 g/mol. The minimum Gasteiger partial charge on any atom is -0.385 e. The van der Waals surface area contributed by atoms with Crippen LogP contribution >= 0.6 is 0 Å². The third kappa shape index (κ3) is 1.55. The molecule has 1 heterocycles. The number of hydrogen-bond acceptors (Lipinski definition) is 4. The number of rotatable bonds is 2. The third-order valence-corrected chi connectivity index (χ3v) is 2.34. The van der Waals surface area contributed by atoms with E-state index in [0.29, 0.717) is 0 Å². The maximum atomic E-state index is 13.4. The van der Waals surface area contributed by atoms with Gasteiger partial charge in [0.25, 0.3) is 5.91 Å². The van der Waals surface area contributed by atoms with Gasteiger partial charge in [0.2, 0.25) is 5.82 Å². The molecule has 0 bridgehead atoms. The average Bonchev–Trinajstić information content (AvgIpc) is 2.51. The molecule has 17 heavy (non-hydrogen) atoms. The van der Waals surface area contributed by atoms with Crippen LogP contribution in [0.2, 0.25) is 0 Å². The second kappa shape index (κ2) is 3.44. The Morgan fingerprint density at radius 3 is 2.65 bits per heavy atom. The summed E-state index contributed by atoms with van der Waals surface area (Å²) in [6.45, 7) is 0. The molecule has 1 aromatic carbocycles. The van der Waals surface area contributed by atoms with Crippen LogP contribution in [-0.4, -0.2) is 15.8 Å². The number of aromatic nitrogens is 1.